The lowest BCUT2D eigenvalue weighted by Gasteiger charge is -2.00. The van der Waals surface area contributed by atoms with Crippen molar-refractivity contribution in [2.75, 3.05) is 5.75 Å². The quantitative estimate of drug-likeness (QED) is 0.791. The fourth-order valence-electron chi connectivity index (χ4n) is 1.01. The molecule has 1 unspecified atom stereocenters. The number of nitriles is 1. The first-order valence-corrected chi connectivity index (χ1v) is 6.36. The van der Waals surface area contributed by atoms with Crippen LogP contribution in [0.5, 0.6) is 0 Å². The highest BCUT2D eigenvalue weighted by Gasteiger charge is 2.03. The van der Waals surface area contributed by atoms with Crippen LogP contribution >= 0.6 is 15.9 Å². The zero-order chi connectivity index (χ0) is 10.4. The Labute approximate surface area is 94.5 Å². The van der Waals surface area contributed by atoms with Gasteiger partial charge in [-0.3, -0.25) is 4.21 Å². The lowest BCUT2D eigenvalue weighted by molar-refractivity contribution is 0.681. The van der Waals surface area contributed by atoms with Crippen LogP contribution in [-0.2, 0) is 10.8 Å². The van der Waals surface area contributed by atoms with E-state index in [9.17, 15) is 4.21 Å². The number of unbranched alkanes of at least 4 members (excludes halogenated alkanes) is 1. The van der Waals surface area contributed by atoms with E-state index < -0.39 is 10.8 Å². The molecule has 1 aromatic rings. The molecule has 0 fully saturated rings. The molecule has 0 saturated carbocycles. The molecule has 0 aliphatic heterocycles. The van der Waals surface area contributed by atoms with Crippen LogP contribution in [0.25, 0.3) is 0 Å². The van der Waals surface area contributed by atoms with E-state index >= 15 is 0 Å². The van der Waals surface area contributed by atoms with Gasteiger partial charge in [0.15, 0.2) is 0 Å². The second kappa shape index (κ2) is 5.94. The first-order valence-electron chi connectivity index (χ1n) is 4.25. The molecule has 0 saturated heterocycles. The van der Waals surface area contributed by atoms with E-state index in [1.165, 1.54) is 0 Å². The average Bonchev–Trinajstić information content (AvgIpc) is 2.18. The summed E-state index contributed by atoms with van der Waals surface area (Å²) in [5.74, 6) is 0.560. The Morgan fingerprint density at radius 2 is 2.29 bits per heavy atom. The van der Waals surface area contributed by atoms with Gasteiger partial charge in [0.2, 0.25) is 0 Å². The number of rotatable bonds is 4. The number of benzene rings is 1. The van der Waals surface area contributed by atoms with Gasteiger partial charge in [-0.2, -0.15) is 5.26 Å². The summed E-state index contributed by atoms with van der Waals surface area (Å²) in [5.41, 5.74) is 0. The maximum absolute atomic E-state index is 11.7. The molecule has 2 nitrogen and oxygen atoms in total. The van der Waals surface area contributed by atoms with E-state index in [-0.39, 0.29) is 0 Å². The summed E-state index contributed by atoms with van der Waals surface area (Å²) in [5, 5.41) is 8.34. The van der Waals surface area contributed by atoms with Crippen molar-refractivity contribution in [3.63, 3.8) is 0 Å². The minimum Gasteiger partial charge on any atom is -0.254 e. The summed E-state index contributed by atoms with van der Waals surface area (Å²) >= 11 is 3.33. The molecule has 0 aliphatic rings. The predicted molar refractivity (Wildman–Crippen MR) is 60.3 cm³/mol. The van der Waals surface area contributed by atoms with Crippen LogP contribution in [0, 0.1) is 11.3 Å². The van der Waals surface area contributed by atoms with Gasteiger partial charge in [-0.25, -0.2) is 0 Å². The van der Waals surface area contributed by atoms with Gasteiger partial charge in [0.05, 0.1) is 16.9 Å². The van der Waals surface area contributed by atoms with Crippen molar-refractivity contribution in [1.82, 2.24) is 0 Å². The van der Waals surface area contributed by atoms with E-state index in [0.29, 0.717) is 18.6 Å². The van der Waals surface area contributed by atoms with Gasteiger partial charge in [-0.05, 0) is 24.6 Å². The molecule has 0 N–H and O–H groups in total. The highest BCUT2D eigenvalue weighted by atomic mass is 79.9. The summed E-state index contributed by atoms with van der Waals surface area (Å²) in [6.45, 7) is 0. The monoisotopic (exact) mass is 271 g/mol. The number of hydrogen-bond donors (Lipinski definition) is 0. The molecule has 0 aliphatic carbocycles. The molecule has 74 valence electrons. The molecule has 1 aromatic carbocycles. The van der Waals surface area contributed by atoms with Gasteiger partial charge < -0.3 is 0 Å². The lowest BCUT2D eigenvalue weighted by atomic mass is 10.4. The van der Waals surface area contributed by atoms with Gasteiger partial charge in [0.25, 0.3) is 0 Å². The van der Waals surface area contributed by atoms with Crippen LogP contribution in [0.15, 0.2) is 33.6 Å². The smallest absolute Gasteiger partial charge is 0.0622 e. The molecule has 0 aromatic heterocycles. The Hall–Kier alpha value is -0.660. The third-order valence-electron chi connectivity index (χ3n) is 1.68. The van der Waals surface area contributed by atoms with Gasteiger partial charge >= 0.3 is 0 Å². The van der Waals surface area contributed by atoms with Crippen molar-refractivity contribution in [3.8, 4) is 6.07 Å². The normalized spacial score (nSPS) is 12.0. The largest absolute Gasteiger partial charge is 0.254 e. The van der Waals surface area contributed by atoms with Crippen molar-refractivity contribution >= 4 is 26.7 Å². The number of halogens is 1. The topological polar surface area (TPSA) is 40.9 Å². The molecule has 0 heterocycles. The first-order chi connectivity index (χ1) is 6.74. The van der Waals surface area contributed by atoms with Crippen molar-refractivity contribution in [2.24, 2.45) is 0 Å². The van der Waals surface area contributed by atoms with Crippen LogP contribution < -0.4 is 0 Å². The molecular weight excluding hydrogens is 262 g/mol. The minimum absolute atomic E-state index is 0.472. The zero-order valence-electron chi connectivity index (χ0n) is 7.57. The summed E-state index contributed by atoms with van der Waals surface area (Å²) in [4.78, 5) is 0.817. The molecule has 0 bridgehead atoms. The fraction of sp³-hybridized carbons (Fsp3) is 0.300. The van der Waals surface area contributed by atoms with Crippen LogP contribution in [0.2, 0.25) is 0 Å². The molecule has 4 heteroatoms. The minimum atomic E-state index is -0.976. The average molecular weight is 272 g/mol. The van der Waals surface area contributed by atoms with Crippen molar-refractivity contribution < 1.29 is 4.21 Å². The highest BCUT2D eigenvalue weighted by Crippen LogP contribution is 2.15. The van der Waals surface area contributed by atoms with Crippen LogP contribution in [0.1, 0.15) is 12.8 Å². The molecule has 0 amide bonds. The third kappa shape index (κ3) is 3.60. The Morgan fingerprint density at radius 1 is 1.50 bits per heavy atom. The van der Waals surface area contributed by atoms with Gasteiger partial charge in [-0.15, -0.1) is 0 Å². The van der Waals surface area contributed by atoms with E-state index in [4.69, 9.17) is 5.26 Å². The lowest BCUT2D eigenvalue weighted by Crippen LogP contribution is -1.97. The third-order valence-corrected chi connectivity index (χ3v) is 3.61. The van der Waals surface area contributed by atoms with Crippen molar-refractivity contribution in [2.45, 2.75) is 17.7 Å². The number of nitrogens with zero attached hydrogens (tertiary/aromatic N) is 1. The van der Waals surface area contributed by atoms with Crippen LogP contribution in [0.4, 0.5) is 0 Å². The van der Waals surface area contributed by atoms with E-state index in [0.717, 1.165) is 9.37 Å². The molecule has 0 radical (unpaired) electrons. The maximum Gasteiger partial charge on any atom is 0.0622 e. The van der Waals surface area contributed by atoms with E-state index in [2.05, 4.69) is 15.9 Å². The SMILES string of the molecule is N#CCCCS(=O)c1cccc(Br)c1. The molecular formula is C10H10BrNOS. The maximum atomic E-state index is 11.7. The summed E-state index contributed by atoms with van der Waals surface area (Å²) in [6, 6.07) is 9.49. The van der Waals surface area contributed by atoms with Gasteiger partial charge in [0, 0.05) is 21.5 Å². The highest BCUT2D eigenvalue weighted by molar-refractivity contribution is 9.10. The van der Waals surface area contributed by atoms with Crippen LogP contribution in [-0.4, -0.2) is 9.96 Å². The molecule has 0 spiro atoms. The van der Waals surface area contributed by atoms with Crippen LogP contribution in [0.3, 0.4) is 0 Å². The summed E-state index contributed by atoms with van der Waals surface area (Å²) in [7, 11) is -0.976. The molecule has 14 heavy (non-hydrogen) atoms. The first kappa shape index (κ1) is 11.4. The Kier molecular flexibility index (Phi) is 4.85. The van der Waals surface area contributed by atoms with Crippen molar-refractivity contribution in [1.29, 1.82) is 5.26 Å². The second-order valence-electron chi connectivity index (χ2n) is 2.77. The van der Waals surface area contributed by atoms with Gasteiger partial charge in [-0.1, -0.05) is 22.0 Å². The Morgan fingerprint density at radius 3 is 2.93 bits per heavy atom. The van der Waals surface area contributed by atoms with Crippen molar-refractivity contribution in [3.05, 3.63) is 28.7 Å². The Balaban J connectivity index is 2.57. The second-order valence-corrected chi connectivity index (χ2v) is 5.26. The predicted octanol–water partition coefficient (Wildman–Crippen LogP) is 2.86. The van der Waals surface area contributed by atoms with E-state index in [1.54, 1.807) is 0 Å². The Bertz CT molecular complexity index is 373. The fourth-order valence-corrected chi connectivity index (χ4v) is 2.69. The zero-order valence-corrected chi connectivity index (χ0v) is 9.97. The summed E-state index contributed by atoms with van der Waals surface area (Å²) < 4.78 is 12.6. The molecule has 1 atom stereocenters. The standard InChI is InChI=1S/C10H10BrNOS/c11-9-4-3-5-10(8-9)14(13)7-2-1-6-12/h3-5,8H,1-2,7H2. The van der Waals surface area contributed by atoms with Gasteiger partial charge in [0.1, 0.15) is 0 Å². The number of hydrogen-bond acceptors (Lipinski definition) is 2. The van der Waals surface area contributed by atoms with E-state index in [1.807, 2.05) is 30.3 Å². The molecule has 1 rings (SSSR count). The summed E-state index contributed by atoms with van der Waals surface area (Å²) in [6.07, 6.45) is 1.16.